The van der Waals surface area contributed by atoms with Crippen molar-refractivity contribution in [2.24, 2.45) is 0 Å². The van der Waals surface area contributed by atoms with Crippen LogP contribution in [0.15, 0.2) is 18.2 Å². The summed E-state index contributed by atoms with van der Waals surface area (Å²) in [7, 11) is 0. The third kappa shape index (κ3) is 3.56. The van der Waals surface area contributed by atoms with Crippen molar-refractivity contribution in [2.75, 3.05) is 13.2 Å². The number of esters is 1. The Morgan fingerprint density at radius 3 is 3.19 bits per heavy atom. The molecular weight excluding hydrogens is 266 g/mol. The second-order valence-electron chi connectivity index (χ2n) is 5.79. The van der Waals surface area contributed by atoms with Gasteiger partial charge in [0.2, 0.25) is 0 Å². The van der Waals surface area contributed by atoms with E-state index >= 15 is 0 Å². The molecule has 0 amide bonds. The number of carbonyl (C=O) groups is 1. The molecule has 4 nitrogen and oxygen atoms in total. The Balaban J connectivity index is 1.35. The van der Waals surface area contributed by atoms with E-state index in [1.165, 1.54) is 11.1 Å². The largest absolute Gasteiger partial charge is 0.493 e. The van der Waals surface area contributed by atoms with Gasteiger partial charge in [-0.2, -0.15) is 0 Å². The van der Waals surface area contributed by atoms with E-state index in [-0.39, 0.29) is 12.0 Å². The highest BCUT2D eigenvalue weighted by Gasteiger charge is 2.42. The van der Waals surface area contributed by atoms with Gasteiger partial charge in [-0.1, -0.05) is 18.6 Å². The summed E-state index contributed by atoms with van der Waals surface area (Å²) >= 11 is 0. The maximum atomic E-state index is 11.5. The quantitative estimate of drug-likeness (QED) is 0.475. The number of rotatable bonds is 7. The van der Waals surface area contributed by atoms with Gasteiger partial charge in [0.1, 0.15) is 11.8 Å². The number of carbonyl (C=O) groups excluding carboxylic acids is 1. The molecule has 114 valence electrons. The van der Waals surface area contributed by atoms with E-state index in [9.17, 15) is 4.79 Å². The minimum Gasteiger partial charge on any atom is -0.493 e. The van der Waals surface area contributed by atoms with Gasteiger partial charge in [0.25, 0.3) is 0 Å². The van der Waals surface area contributed by atoms with Crippen LogP contribution in [0.1, 0.15) is 37.3 Å². The lowest BCUT2D eigenvalue weighted by Crippen LogP contribution is -2.14. The lowest BCUT2D eigenvalue weighted by atomic mass is 10.0. The van der Waals surface area contributed by atoms with Gasteiger partial charge in [-0.05, 0) is 43.4 Å². The normalized spacial score (nSPS) is 22.5. The summed E-state index contributed by atoms with van der Waals surface area (Å²) < 4.78 is 10.5. The Morgan fingerprint density at radius 1 is 1.43 bits per heavy atom. The van der Waals surface area contributed by atoms with Crippen LogP contribution in [0.4, 0.5) is 0 Å². The number of nitrogens with one attached hydrogen (secondary N) is 1. The predicted molar refractivity (Wildman–Crippen MR) is 80.5 cm³/mol. The van der Waals surface area contributed by atoms with Crippen LogP contribution in [0.25, 0.3) is 0 Å². The molecule has 0 saturated carbocycles. The number of hydrogen-bond acceptors (Lipinski definition) is 4. The van der Waals surface area contributed by atoms with Crippen LogP contribution in [-0.4, -0.2) is 31.3 Å². The molecule has 1 N–H and O–H groups in total. The molecule has 1 aromatic rings. The SMILES string of the molecule is CCOC(=O)C1NC1CCCCc1ccc2c(c1)CCO2. The van der Waals surface area contributed by atoms with E-state index in [2.05, 4.69) is 23.5 Å². The number of unbranched alkanes of at least 4 members (excludes halogenated alkanes) is 1. The summed E-state index contributed by atoms with van der Waals surface area (Å²) in [4.78, 5) is 11.5. The fourth-order valence-corrected chi connectivity index (χ4v) is 2.98. The van der Waals surface area contributed by atoms with Gasteiger partial charge in [-0.25, -0.2) is 0 Å². The number of aryl methyl sites for hydroxylation is 1. The van der Waals surface area contributed by atoms with Gasteiger partial charge >= 0.3 is 5.97 Å². The summed E-state index contributed by atoms with van der Waals surface area (Å²) in [6.07, 6.45) is 5.49. The second-order valence-corrected chi connectivity index (χ2v) is 5.79. The van der Waals surface area contributed by atoms with Crippen molar-refractivity contribution >= 4 is 5.97 Å². The molecule has 3 rings (SSSR count). The molecule has 2 heterocycles. The zero-order valence-corrected chi connectivity index (χ0v) is 12.6. The second kappa shape index (κ2) is 6.48. The van der Waals surface area contributed by atoms with Crippen molar-refractivity contribution in [3.05, 3.63) is 29.3 Å². The Bertz CT molecular complexity index is 515. The molecule has 4 heteroatoms. The fraction of sp³-hybridized carbons (Fsp3) is 0.588. The topological polar surface area (TPSA) is 57.5 Å². The maximum Gasteiger partial charge on any atom is 0.324 e. The highest BCUT2D eigenvalue weighted by atomic mass is 16.5. The predicted octanol–water partition coefficient (Wildman–Crippen LogP) is 2.24. The summed E-state index contributed by atoms with van der Waals surface area (Å²) in [5.41, 5.74) is 2.74. The Labute approximate surface area is 125 Å². The van der Waals surface area contributed by atoms with E-state index in [0.717, 1.165) is 44.5 Å². The molecule has 0 aliphatic carbocycles. The smallest absolute Gasteiger partial charge is 0.324 e. The van der Waals surface area contributed by atoms with Crippen LogP contribution in [0.2, 0.25) is 0 Å². The van der Waals surface area contributed by atoms with E-state index in [1.807, 2.05) is 6.92 Å². The first-order valence-corrected chi connectivity index (χ1v) is 7.95. The van der Waals surface area contributed by atoms with Gasteiger partial charge in [-0.3, -0.25) is 10.1 Å². The highest BCUT2D eigenvalue weighted by molar-refractivity contribution is 5.80. The first-order valence-electron chi connectivity index (χ1n) is 7.95. The van der Waals surface area contributed by atoms with Crippen LogP contribution in [-0.2, 0) is 22.4 Å². The van der Waals surface area contributed by atoms with Crippen LogP contribution in [0, 0.1) is 0 Å². The highest BCUT2D eigenvalue weighted by Crippen LogP contribution is 2.27. The lowest BCUT2D eigenvalue weighted by Gasteiger charge is -2.04. The molecule has 0 spiro atoms. The first kappa shape index (κ1) is 14.4. The monoisotopic (exact) mass is 289 g/mol. The summed E-state index contributed by atoms with van der Waals surface area (Å²) in [5.74, 6) is 0.958. The zero-order valence-electron chi connectivity index (χ0n) is 12.6. The average molecular weight is 289 g/mol. The maximum absolute atomic E-state index is 11.5. The van der Waals surface area contributed by atoms with Crippen molar-refractivity contribution in [3.63, 3.8) is 0 Å². The molecule has 0 bridgehead atoms. The molecular formula is C17H23NO3. The van der Waals surface area contributed by atoms with Crippen molar-refractivity contribution in [3.8, 4) is 5.75 Å². The molecule has 1 aromatic carbocycles. The molecule has 1 saturated heterocycles. The fourth-order valence-electron chi connectivity index (χ4n) is 2.98. The molecule has 2 aliphatic heterocycles. The van der Waals surface area contributed by atoms with Gasteiger partial charge < -0.3 is 9.47 Å². The van der Waals surface area contributed by atoms with E-state index < -0.39 is 0 Å². The van der Waals surface area contributed by atoms with Crippen molar-refractivity contribution < 1.29 is 14.3 Å². The van der Waals surface area contributed by atoms with Gasteiger partial charge in [0.05, 0.1) is 13.2 Å². The minimum atomic E-state index is -0.0962. The molecule has 21 heavy (non-hydrogen) atoms. The summed E-state index contributed by atoms with van der Waals surface area (Å²) in [5, 5.41) is 3.19. The number of hydrogen-bond donors (Lipinski definition) is 1. The summed E-state index contributed by atoms with van der Waals surface area (Å²) in [6.45, 7) is 3.13. The Kier molecular flexibility index (Phi) is 4.44. The number of benzene rings is 1. The lowest BCUT2D eigenvalue weighted by molar-refractivity contribution is -0.142. The van der Waals surface area contributed by atoms with Crippen molar-refractivity contribution in [1.82, 2.24) is 5.32 Å². The number of fused-ring (bicyclic) bond motifs is 1. The van der Waals surface area contributed by atoms with E-state index in [1.54, 1.807) is 0 Å². The average Bonchev–Trinajstić information content (AvgIpc) is 3.11. The molecule has 0 aromatic heterocycles. The van der Waals surface area contributed by atoms with E-state index in [0.29, 0.717) is 12.6 Å². The molecule has 2 aliphatic rings. The van der Waals surface area contributed by atoms with Crippen molar-refractivity contribution in [1.29, 1.82) is 0 Å². The third-order valence-electron chi connectivity index (χ3n) is 4.21. The van der Waals surface area contributed by atoms with Crippen LogP contribution < -0.4 is 10.1 Å². The van der Waals surface area contributed by atoms with Crippen LogP contribution in [0.3, 0.4) is 0 Å². The molecule has 0 radical (unpaired) electrons. The number of ether oxygens (including phenoxy) is 2. The summed E-state index contributed by atoms with van der Waals surface area (Å²) in [6, 6.07) is 6.82. The zero-order chi connectivity index (χ0) is 14.7. The van der Waals surface area contributed by atoms with Gasteiger partial charge in [0, 0.05) is 12.5 Å². The minimum absolute atomic E-state index is 0.0536. The first-order chi connectivity index (χ1) is 10.3. The third-order valence-corrected chi connectivity index (χ3v) is 4.21. The van der Waals surface area contributed by atoms with E-state index in [4.69, 9.17) is 9.47 Å². The van der Waals surface area contributed by atoms with Gasteiger partial charge in [0.15, 0.2) is 0 Å². The van der Waals surface area contributed by atoms with Crippen LogP contribution in [0.5, 0.6) is 5.75 Å². The van der Waals surface area contributed by atoms with Gasteiger partial charge in [-0.15, -0.1) is 0 Å². The molecule has 2 unspecified atom stereocenters. The Hall–Kier alpha value is -1.55. The Morgan fingerprint density at radius 2 is 2.33 bits per heavy atom. The van der Waals surface area contributed by atoms with Crippen LogP contribution >= 0.6 is 0 Å². The molecule has 2 atom stereocenters. The van der Waals surface area contributed by atoms with Crippen molar-refractivity contribution in [2.45, 2.75) is 51.1 Å². The molecule has 1 fully saturated rings. The standard InChI is InChI=1S/C17H23NO3/c1-2-20-17(19)16-14(18-16)6-4-3-5-12-7-8-15-13(11-12)9-10-21-15/h7-8,11,14,16,18H,2-6,9-10H2,1H3.